The van der Waals surface area contributed by atoms with Crippen LogP contribution in [0.1, 0.15) is 47.5 Å². The van der Waals surface area contributed by atoms with E-state index >= 15 is 0 Å². The third-order valence-corrected chi connectivity index (χ3v) is 2.42. The lowest BCUT2D eigenvalue weighted by atomic mass is 9.97. The maximum absolute atomic E-state index is 9.67. The van der Waals surface area contributed by atoms with E-state index in [9.17, 15) is 5.11 Å². The third kappa shape index (κ3) is 13.8. The molecule has 0 bridgehead atoms. The summed E-state index contributed by atoms with van der Waals surface area (Å²) in [6, 6.07) is 0. The standard InChI is InChI=1S/C14H31NO2/c1-12(2)7-6-8-17-10-13(16)9-15-11-14(3,4)5/h12-13,15-16H,6-11H2,1-5H3. The summed E-state index contributed by atoms with van der Waals surface area (Å²) in [5, 5.41) is 12.9. The molecule has 0 saturated carbocycles. The van der Waals surface area contributed by atoms with Crippen molar-refractivity contribution in [1.82, 2.24) is 5.32 Å². The van der Waals surface area contributed by atoms with E-state index in [2.05, 4.69) is 39.9 Å². The number of hydrogen-bond donors (Lipinski definition) is 2. The van der Waals surface area contributed by atoms with Gasteiger partial charge in [0.2, 0.25) is 0 Å². The van der Waals surface area contributed by atoms with Gasteiger partial charge in [0.25, 0.3) is 0 Å². The Bertz CT molecular complexity index is 176. The van der Waals surface area contributed by atoms with Crippen molar-refractivity contribution < 1.29 is 9.84 Å². The molecule has 1 atom stereocenters. The Morgan fingerprint density at radius 2 is 1.88 bits per heavy atom. The number of nitrogens with one attached hydrogen (secondary N) is 1. The molecule has 0 spiro atoms. The highest BCUT2D eigenvalue weighted by Crippen LogP contribution is 2.10. The van der Waals surface area contributed by atoms with Gasteiger partial charge in [-0.05, 0) is 24.2 Å². The Hall–Kier alpha value is -0.120. The van der Waals surface area contributed by atoms with Crippen LogP contribution in [0.15, 0.2) is 0 Å². The molecular weight excluding hydrogens is 214 g/mol. The second-order valence-electron chi connectivity index (χ2n) is 6.46. The number of ether oxygens (including phenoxy) is 1. The molecule has 0 aliphatic heterocycles. The van der Waals surface area contributed by atoms with Gasteiger partial charge >= 0.3 is 0 Å². The number of aliphatic hydroxyl groups is 1. The largest absolute Gasteiger partial charge is 0.389 e. The molecule has 0 aliphatic carbocycles. The maximum Gasteiger partial charge on any atom is 0.0897 e. The first-order valence-electron chi connectivity index (χ1n) is 6.78. The van der Waals surface area contributed by atoms with Crippen molar-refractivity contribution in [3.05, 3.63) is 0 Å². The van der Waals surface area contributed by atoms with Gasteiger partial charge < -0.3 is 15.2 Å². The van der Waals surface area contributed by atoms with Crippen LogP contribution < -0.4 is 5.32 Å². The van der Waals surface area contributed by atoms with Crippen molar-refractivity contribution in [3.8, 4) is 0 Å². The summed E-state index contributed by atoms with van der Waals surface area (Å²) < 4.78 is 5.44. The molecule has 0 aromatic carbocycles. The summed E-state index contributed by atoms with van der Waals surface area (Å²) in [6.07, 6.45) is 1.88. The van der Waals surface area contributed by atoms with Gasteiger partial charge in [-0.15, -0.1) is 0 Å². The van der Waals surface area contributed by atoms with E-state index in [1.165, 1.54) is 6.42 Å². The topological polar surface area (TPSA) is 41.5 Å². The van der Waals surface area contributed by atoms with Gasteiger partial charge in [-0.2, -0.15) is 0 Å². The average Bonchev–Trinajstić information content (AvgIpc) is 2.14. The van der Waals surface area contributed by atoms with E-state index < -0.39 is 6.10 Å². The van der Waals surface area contributed by atoms with E-state index in [4.69, 9.17) is 4.74 Å². The zero-order chi connectivity index (χ0) is 13.3. The highest BCUT2D eigenvalue weighted by molar-refractivity contribution is 4.67. The average molecular weight is 245 g/mol. The fourth-order valence-corrected chi connectivity index (χ4v) is 1.49. The Morgan fingerprint density at radius 1 is 1.24 bits per heavy atom. The molecular formula is C14H31NO2. The van der Waals surface area contributed by atoms with Gasteiger partial charge in [0, 0.05) is 19.7 Å². The summed E-state index contributed by atoms with van der Waals surface area (Å²) in [5.74, 6) is 0.733. The van der Waals surface area contributed by atoms with E-state index in [0.717, 1.165) is 25.5 Å². The second-order valence-corrected chi connectivity index (χ2v) is 6.46. The minimum absolute atomic E-state index is 0.262. The molecule has 0 fully saturated rings. The predicted molar refractivity (Wildman–Crippen MR) is 73.2 cm³/mol. The minimum atomic E-state index is -0.392. The van der Waals surface area contributed by atoms with Crippen LogP contribution in [0.4, 0.5) is 0 Å². The molecule has 0 aromatic heterocycles. The zero-order valence-corrected chi connectivity index (χ0v) is 12.3. The van der Waals surface area contributed by atoms with Crippen molar-refractivity contribution >= 4 is 0 Å². The van der Waals surface area contributed by atoms with Gasteiger partial charge in [0.1, 0.15) is 0 Å². The molecule has 0 saturated heterocycles. The Morgan fingerprint density at radius 3 is 2.41 bits per heavy atom. The normalized spacial score (nSPS) is 14.3. The van der Waals surface area contributed by atoms with Crippen LogP contribution in [0.25, 0.3) is 0 Å². The van der Waals surface area contributed by atoms with Crippen LogP contribution in [0.3, 0.4) is 0 Å². The quantitative estimate of drug-likeness (QED) is 0.613. The molecule has 0 aliphatic rings. The first-order chi connectivity index (χ1) is 7.81. The van der Waals surface area contributed by atoms with Crippen LogP contribution in [-0.4, -0.2) is 37.5 Å². The van der Waals surface area contributed by atoms with E-state index in [-0.39, 0.29) is 5.41 Å². The number of aliphatic hydroxyl groups excluding tert-OH is 1. The second kappa shape index (κ2) is 8.90. The van der Waals surface area contributed by atoms with Crippen LogP contribution >= 0.6 is 0 Å². The SMILES string of the molecule is CC(C)CCCOCC(O)CNCC(C)(C)C. The van der Waals surface area contributed by atoms with Gasteiger partial charge in [0.15, 0.2) is 0 Å². The first kappa shape index (κ1) is 16.9. The van der Waals surface area contributed by atoms with E-state index in [1.807, 2.05) is 0 Å². The molecule has 0 heterocycles. The molecule has 17 heavy (non-hydrogen) atoms. The molecule has 0 aromatic rings. The zero-order valence-electron chi connectivity index (χ0n) is 12.3. The first-order valence-corrected chi connectivity index (χ1v) is 6.78. The summed E-state index contributed by atoms with van der Waals surface area (Å²) in [6.45, 7) is 13.7. The van der Waals surface area contributed by atoms with Crippen molar-refractivity contribution in [3.63, 3.8) is 0 Å². The number of rotatable bonds is 9. The lowest BCUT2D eigenvalue weighted by Crippen LogP contribution is -2.35. The molecule has 2 N–H and O–H groups in total. The monoisotopic (exact) mass is 245 g/mol. The molecule has 0 amide bonds. The summed E-state index contributed by atoms with van der Waals surface area (Å²) in [5.41, 5.74) is 0.262. The Labute approximate surface area is 107 Å². The van der Waals surface area contributed by atoms with Gasteiger partial charge in [-0.1, -0.05) is 34.6 Å². The minimum Gasteiger partial charge on any atom is -0.389 e. The predicted octanol–water partition coefficient (Wildman–Crippen LogP) is 2.44. The van der Waals surface area contributed by atoms with Crippen LogP contribution in [0, 0.1) is 11.3 Å². The van der Waals surface area contributed by atoms with Crippen molar-refractivity contribution in [2.24, 2.45) is 11.3 Å². The summed E-state index contributed by atoms with van der Waals surface area (Å²) >= 11 is 0. The highest BCUT2D eigenvalue weighted by Gasteiger charge is 2.10. The maximum atomic E-state index is 9.67. The third-order valence-electron chi connectivity index (χ3n) is 2.42. The molecule has 0 rings (SSSR count). The molecule has 3 nitrogen and oxygen atoms in total. The van der Waals surface area contributed by atoms with Gasteiger partial charge in [-0.25, -0.2) is 0 Å². The fraction of sp³-hybridized carbons (Fsp3) is 1.00. The van der Waals surface area contributed by atoms with Crippen molar-refractivity contribution in [2.75, 3.05) is 26.3 Å². The van der Waals surface area contributed by atoms with Gasteiger partial charge in [-0.3, -0.25) is 0 Å². The van der Waals surface area contributed by atoms with Crippen molar-refractivity contribution in [2.45, 2.75) is 53.6 Å². The molecule has 3 heteroatoms. The summed E-state index contributed by atoms with van der Waals surface area (Å²) in [4.78, 5) is 0. The molecule has 1 unspecified atom stereocenters. The fourth-order valence-electron chi connectivity index (χ4n) is 1.49. The lowest BCUT2D eigenvalue weighted by molar-refractivity contribution is 0.0339. The van der Waals surface area contributed by atoms with Crippen LogP contribution in [-0.2, 0) is 4.74 Å². The number of hydrogen-bond acceptors (Lipinski definition) is 3. The van der Waals surface area contributed by atoms with Crippen molar-refractivity contribution in [1.29, 1.82) is 0 Å². The van der Waals surface area contributed by atoms with E-state index in [1.54, 1.807) is 0 Å². The molecule has 104 valence electrons. The van der Waals surface area contributed by atoms with Crippen LogP contribution in [0.5, 0.6) is 0 Å². The van der Waals surface area contributed by atoms with Gasteiger partial charge in [0.05, 0.1) is 12.7 Å². The van der Waals surface area contributed by atoms with Crippen LogP contribution in [0.2, 0.25) is 0 Å². The Balaban J connectivity index is 3.32. The highest BCUT2D eigenvalue weighted by atomic mass is 16.5. The Kier molecular flexibility index (Phi) is 8.83. The summed E-state index contributed by atoms with van der Waals surface area (Å²) in [7, 11) is 0. The van der Waals surface area contributed by atoms with E-state index in [0.29, 0.717) is 13.2 Å². The molecule has 0 radical (unpaired) electrons. The smallest absolute Gasteiger partial charge is 0.0897 e. The lowest BCUT2D eigenvalue weighted by Gasteiger charge is -2.20.